The molecular weight excluding hydrogens is 172 g/mol. The Kier molecular flexibility index (Phi) is 3.80. The molecule has 0 saturated carbocycles. The zero-order valence-corrected chi connectivity index (χ0v) is 7.82. The van der Waals surface area contributed by atoms with Gasteiger partial charge in [0.25, 0.3) is 0 Å². The van der Waals surface area contributed by atoms with Crippen molar-refractivity contribution in [3.05, 3.63) is 22.4 Å². The number of thiophene rings is 1. The van der Waals surface area contributed by atoms with Gasteiger partial charge >= 0.3 is 5.97 Å². The minimum absolute atomic E-state index is 0.227. The van der Waals surface area contributed by atoms with Gasteiger partial charge < -0.3 is 4.74 Å². The van der Waals surface area contributed by atoms with Crippen LogP contribution in [0.4, 0.5) is 0 Å². The van der Waals surface area contributed by atoms with Gasteiger partial charge in [-0.1, -0.05) is 13.3 Å². The largest absolute Gasteiger partial charge is 0.462 e. The van der Waals surface area contributed by atoms with E-state index in [2.05, 4.69) is 13.0 Å². The molecule has 0 amide bonds. The maximum Gasteiger partial charge on any atom is 0.348 e. The molecule has 2 nitrogen and oxygen atoms in total. The second kappa shape index (κ2) is 4.93. The van der Waals surface area contributed by atoms with Gasteiger partial charge in [0.15, 0.2) is 0 Å². The predicted octanol–water partition coefficient (Wildman–Crippen LogP) is 2.51. The minimum Gasteiger partial charge on any atom is -0.462 e. The van der Waals surface area contributed by atoms with Crippen molar-refractivity contribution in [2.24, 2.45) is 0 Å². The second-order valence-electron chi connectivity index (χ2n) is 2.40. The lowest BCUT2D eigenvalue weighted by atomic mass is 10.4. The van der Waals surface area contributed by atoms with E-state index in [0.717, 1.165) is 12.8 Å². The molecule has 0 unspecified atom stereocenters. The van der Waals surface area contributed by atoms with Gasteiger partial charge in [0.1, 0.15) is 4.88 Å². The Bertz CT molecular complexity index is 229. The van der Waals surface area contributed by atoms with Crippen LogP contribution >= 0.6 is 11.3 Å². The summed E-state index contributed by atoms with van der Waals surface area (Å²) in [5.41, 5.74) is 0. The highest BCUT2D eigenvalue weighted by molar-refractivity contribution is 7.11. The van der Waals surface area contributed by atoms with Crippen molar-refractivity contribution >= 4 is 17.3 Å². The number of carbonyl (C=O) groups is 1. The van der Waals surface area contributed by atoms with E-state index in [1.54, 1.807) is 11.4 Å². The summed E-state index contributed by atoms with van der Waals surface area (Å²) in [4.78, 5) is 11.8. The van der Waals surface area contributed by atoms with Crippen LogP contribution in [0, 0.1) is 6.07 Å². The fraction of sp³-hybridized carbons (Fsp3) is 0.444. The summed E-state index contributed by atoms with van der Waals surface area (Å²) in [6, 6.07) is 4.47. The molecular formula is C9H11O2S. The molecule has 1 rings (SSSR count). The zero-order valence-electron chi connectivity index (χ0n) is 7.00. The van der Waals surface area contributed by atoms with Crippen molar-refractivity contribution in [2.45, 2.75) is 19.8 Å². The summed E-state index contributed by atoms with van der Waals surface area (Å²) in [6.45, 7) is 2.58. The number of hydrogen-bond donors (Lipinski definition) is 0. The van der Waals surface area contributed by atoms with Crippen molar-refractivity contribution in [3.63, 3.8) is 0 Å². The van der Waals surface area contributed by atoms with Gasteiger partial charge in [-0.15, -0.1) is 11.3 Å². The molecule has 0 aliphatic heterocycles. The molecule has 0 fully saturated rings. The van der Waals surface area contributed by atoms with Gasteiger partial charge in [-0.05, 0) is 23.9 Å². The van der Waals surface area contributed by atoms with E-state index < -0.39 is 0 Å². The summed E-state index contributed by atoms with van der Waals surface area (Å²) in [5, 5.41) is 1.75. The third-order valence-corrected chi connectivity index (χ3v) is 2.19. The Morgan fingerprint density at radius 2 is 2.58 bits per heavy atom. The van der Waals surface area contributed by atoms with Crippen LogP contribution in [-0.4, -0.2) is 12.6 Å². The molecule has 0 N–H and O–H groups in total. The average molecular weight is 183 g/mol. The summed E-state index contributed by atoms with van der Waals surface area (Å²) in [7, 11) is 0. The van der Waals surface area contributed by atoms with E-state index in [9.17, 15) is 4.79 Å². The summed E-state index contributed by atoms with van der Waals surface area (Å²) in [5.74, 6) is -0.227. The normalized spacial score (nSPS) is 9.75. The topological polar surface area (TPSA) is 26.3 Å². The molecule has 1 heterocycles. The monoisotopic (exact) mass is 183 g/mol. The van der Waals surface area contributed by atoms with Crippen LogP contribution in [0.3, 0.4) is 0 Å². The number of rotatable bonds is 4. The number of hydrogen-bond acceptors (Lipinski definition) is 3. The van der Waals surface area contributed by atoms with Crippen LogP contribution in [0.2, 0.25) is 0 Å². The molecule has 1 radical (unpaired) electrons. The molecule has 0 spiro atoms. The number of unbranched alkanes of at least 4 members (excludes halogenated alkanes) is 1. The van der Waals surface area contributed by atoms with Crippen LogP contribution in [0.15, 0.2) is 11.4 Å². The van der Waals surface area contributed by atoms with E-state index in [4.69, 9.17) is 4.74 Å². The lowest BCUT2D eigenvalue weighted by Gasteiger charge is -2.00. The maximum absolute atomic E-state index is 11.1. The molecule has 3 heteroatoms. The van der Waals surface area contributed by atoms with Crippen LogP contribution in [0.5, 0.6) is 0 Å². The average Bonchev–Trinajstić information content (AvgIpc) is 2.56. The molecule has 0 atom stereocenters. The SMILES string of the molecule is CCCCOC(=O)c1c[c]cs1. The van der Waals surface area contributed by atoms with Crippen LogP contribution < -0.4 is 0 Å². The van der Waals surface area contributed by atoms with E-state index in [1.165, 1.54) is 11.3 Å². The van der Waals surface area contributed by atoms with Crippen molar-refractivity contribution in [1.82, 2.24) is 0 Å². The highest BCUT2D eigenvalue weighted by Crippen LogP contribution is 2.09. The molecule has 0 aromatic carbocycles. The number of ether oxygens (including phenoxy) is 1. The first-order chi connectivity index (χ1) is 5.84. The highest BCUT2D eigenvalue weighted by atomic mass is 32.1. The third-order valence-electron chi connectivity index (χ3n) is 1.40. The molecule has 0 aliphatic rings. The van der Waals surface area contributed by atoms with E-state index in [0.29, 0.717) is 11.5 Å². The fourth-order valence-corrected chi connectivity index (χ4v) is 1.28. The van der Waals surface area contributed by atoms with Gasteiger partial charge in [-0.25, -0.2) is 4.79 Å². The molecule has 65 valence electrons. The molecule has 0 aliphatic carbocycles. The quantitative estimate of drug-likeness (QED) is 0.529. The Morgan fingerprint density at radius 3 is 3.17 bits per heavy atom. The van der Waals surface area contributed by atoms with Crippen LogP contribution in [-0.2, 0) is 4.74 Å². The Balaban J connectivity index is 2.30. The lowest BCUT2D eigenvalue weighted by Crippen LogP contribution is -2.03. The fourth-order valence-electron chi connectivity index (χ4n) is 0.729. The predicted molar refractivity (Wildman–Crippen MR) is 48.3 cm³/mol. The van der Waals surface area contributed by atoms with Crippen molar-refractivity contribution in [3.8, 4) is 0 Å². The first-order valence-corrected chi connectivity index (χ1v) is 4.84. The highest BCUT2D eigenvalue weighted by Gasteiger charge is 2.06. The smallest absolute Gasteiger partial charge is 0.348 e. The van der Waals surface area contributed by atoms with Crippen molar-refractivity contribution in [2.75, 3.05) is 6.61 Å². The minimum atomic E-state index is -0.227. The van der Waals surface area contributed by atoms with Crippen LogP contribution in [0.1, 0.15) is 29.4 Å². The molecule has 12 heavy (non-hydrogen) atoms. The second-order valence-corrected chi connectivity index (χ2v) is 3.31. The van der Waals surface area contributed by atoms with Gasteiger partial charge in [-0.2, -0.15) is 0 Å². The van der Waals surface area contributed by atoms with Gasteiger partial charge in [0.05, 0.1) is 6.61 Å². The van der Waals surface area contributed by atoms with Gasteiger partial charge in [-0.3, -0.25) is 0 Å². The molecule has 1 aromatic rings. The molecule has 0 bridgehead atoms. The molecule has 1 aromatic heterocycles. The summed E-state index contributed by atoms with van der Waals surface area (Å²) in [6.07, 6.45) is 1.98. The van der Waals surface area contributed by atoms with Crippen LogP contribution in [0.25, 0.3) is 0 Å². The molecule has 0 saturated heterocycles. The van der Waals surface area contributed by atoms with Crippen molar-refractivity contribution < 1.29 is 9.53 Å². The summed E-state index contributed by atoms with van der Waals surface area (Å²) < 4.78 is 4.98. The number of esters is 1. The van der Waals surface area contributed by atoms with Gasteiger partial charge in [0, 0.05) is 0 Å². The lowest BCUT2D eigenvalue weighted by molar-refractivity contribution is 0.0505. The Morgan fingerprint density at radius 1 is 1.75 bits per heavy atom. The standard InChI is InChI=1S/C9H11O2S/c1-2-3-6-11-9(10)8-5-4-7-12-8/h5,7H,2-3,6H2,1H3. The summed E-state index contributed by atoms with van der Waals surface area (Å²) >= 11 is 1.36. The first kappa shape index (κ1) is 9.26. The zero-order chi connectivity index (χ0) is 8.81. The third kappa shape index (κ3) is 2.66. The Hall–Kier alpha value is -0.830. The van der Waals surface area contributed by atoms with E-state index in [1.807, 2.05) is 0 Å². The number of carbonyl (C=O) groups excluding carboxylic acids is 1. The van der Waals surface area contributed by atoms with E-state index in [-0.39, 0.29) is 5.97 Å². The van der Waals surface area contributed by atoms with Crippen molar-refractivity contribution in [1.29, 1.82) is 0 Å². The van der Waals surface area contributed by atoms with E-state index >= 15 is 0 Å². The van der Waals surface area contributed by atoms with Gasteiger partial charge in [0.2, 0.25) is 0 Å². The first-order valence-electron chi connectivity index (χ1n) is 3.96. The Labute approximate surface area is 76.2 Å². The maximum atomic E-state index is 11.1.